The minimum absolute atomic E-state index is 0.0497. The molecule has 0 aliphatic heterocycles. The monoisotopic (exact) mass is 249 g/mol. The van der Waals surface area contributed by atoms with Crippen LogP contribution >= 0.6 is 0 Å². The first-order chi connectivity index (χ1) is 8.70. The molecule has 1 atom stereocenters. The van der Waals surface area contributed by atoms with E-state index >= 15 is 0 Å². The van der Waals surface area contributed by atoms with Crippen LogP contribution in [0.3, 0.4) is 0 Å². The maximum Gasteiger partial charge on any atom is 0.165 e. The molecule has 2 N–H and O–H groups in total. The van der Waals surface area contributed by atoms with Crippen LogP contribution in [0.15, 0.2) is 30.5 Å². The van der Waals surface area contributed by atoms with E-state index in [1.165, 1.54) is 13.2 Å². The fourth-order valence-electron chi connectivity index (χ4n) is 1.72. The van der Waals surface area contributed by atoms with Gasteiger partial charge in [-0.3, -0.25) is 5.10 Å². The second-order valence-corrected chi connectivity index (χ2v) is 4.08. The smallest absolute Gasteiger partial charge is 0.165 e. The Morgan fingerprint density at radius 3 is 2.89 bits per heavy atom. The predicted molar refractivity (Wildman–Crippen MR) is 66.8 cm³/mol. The zero-order valence-electron chi connectivity index (χ0n) is 10.4. The predicted octanol–water partition coefficient (Wildman–Crippen LogP) is 2.41. The topological polar surface area (TPSA) is 49.9 Å². The molecule has 2 rings (SSSR count). The van der Waals surface area contributed by atoms with Crippen LogP contribution in [0.25, 0.3) is 0 Å². The molecule has 0 fully saturated rings. The van der Waals surface area contributed by atoms with Gasteiger partial charge in [0.25, 0.3) is 0 Å². The summed E-state index contributed by atoms with van der Waals surface area (Å²) < 4.78 is 18.4. The Labute approximate surface area is 105 Å². The third-order valence-electron chi connectivity index (χ3n) is 2.83. The molecule has 1 unspecified atom stereocenters. The molecule has 0 saturated heterocycles. The molecule has 1 heterocycles. The summed E-state index contributed by atoms with van der Waals surface area (Å²) in [6.07, 6.45) is 1.70. The van der Waals surface area contributed by atoms with Gasteiger partial charge in [0.15, 0.2) is 11.6 Å². The summed E-state index contributed by atoms with van der Waals surface area (Å²) in [5, 5.41) is 10.0. The quantitative estimate of drug-likeness (QED) is 0.855. The van der Waals surface area contributed by atoms with Gasteiger partial charge in [-0.15, -0.1) is 0 Å². The molecule has 1 aromatic heterocycles. The second kappa shape index (κ2) is 5.64. The summed E-state index contributed by atoms with van der Waals surface area (Å²) in [4.78, 5) is 0. The molecule has 2 aromatic rings. The van der Waals surface area contributed by atoms with Crippen LogP contribution in [0.4, 0.5) is 4.39 Å². The van der Waals surface area contributed by atoms with Crippen molar-refractivity contribution in [3.05, 3.63) is 47.5 Å². The zero-order chi connectivity index (χ0) is 13.0. The highest BCUT2D eigenvalue weighted by atomic mass is 19.1. The van der Waals surface area contributed by atoms with Crippen molar-refractivity contribution < 1.29 is 9.13 Å². The number of halogens is 1. The Hall–Kier alpha value is -1.88. The summed E-state index contributed by atoms with van der Waals surface area (Å²) >= 11 is 0. The lowest BCUT2D eigenvalue weighted by Crippen LogP contribution is -2.18. The van der Waals surface area contributed by atoms with Crippen molar-refractivity contribution in [2.45, 2.75) is 19.5 Å². The van der Waals surface area contributed by atoms with Crippen LogP contribution in [-0.2, 0) is 6.54 Å². The first kappa shape index (κ1) is 12.6. The largest absolute Gasteiger partial charge is 0.494 e. The van der Waals surface area contributed by atoms with E-state index in [1.807, 2.05) is 19.1 Å². The van der Waals surface area contributed by atoms with Crippen molar-refractivity contribution in [1.29, 1.82) is 0 Å². The SMILES string of the molecule is COc1ccc(C(C)NCc2ccn[nH]2)cc1F. The highest BCUT2D eigenvalue weighted by molar-refractivity contribution is 5.30. The number of rotatable bonds is 5. The Bertz CT molecular complexity index is 499. The maximum atomic E-state index is 13.6. The van der Waals surface area contributed by atoms with E-state index in [9.17, 15) is 4.39 Å². The lowest BCUT2D eigenvalue weighted by atomic mass is 10.1. The van der Waals surface area contributed by atoms with Crippen molar-refractivity contribution in [3.8, 4) is 5.75 Å². The number of aromatic amines is 1. The number of aromatic nitrogens is 2. The van der Waals surface area contributed by atoms with E-state index in [2.05, 4.69) is 15.5 Å². The molecule has 0 bridgehead atoms. The van der Waals surface area contributed by atoms with Gasteiger partial charge >= 0.3 is 0 Å². The van der Waals surface area contributed by atoms with Crippen molar-refractivity contribution in [3.63, 3.8) is 0 Å². The van der Waals surface area contributed by atoms with Crippen molar-refractivity contribution in [2.24, 2.45) is 0 Å². The molecule has 96 valence electrons. The summed E-state index contributed by atoms with van der Waals surface area (Å²) in [6, 6.07) is 6.93. The van der Waals surface area contributed by atoms with E-state index in [4.69, 9.17) is 4.74 Å². The molecule has 0 amide bonds. The first-order valence-corrected chi connectivity index (χ1v) is 5.76. The van der Waals surface area contributed by atoms with Gasteiger partial charge in [0.2, 0.25) is 0 Å². The average molecular weight is 249 g/mol. The molecule has 0 aliphatic carbocycles. The molecule has 4 nitrogen and oxygen atoms in total. The summed E-state index contributed by atoms with van der Waals surface area (Å²) in [5.74, 6) is -0.0790. The molecule has 0 radical (unpaired) electrons. The van der Waals surface area contributed by atoms with Gasteiger partial charge in [0, 0.05) is 24.5 Å². The third-order valence-corrected chi connectivity index (χ3v) is 2.83. The molecule has 5 heteroatoms. The lowest BCUT2D eigenvalue weighted by molar-refractivity contribution is 0.385. The van der Waals surface area contributed by atoms with E-state index in [-0.39, 0.29) is 17.6 Å². The zero-order valence-corrected chi connectivity index (χ0v) is 10.4. The fraction of sp³-hybridized carbons (Fsp3) is 0.308. The maximum absolute atomic E-state index is 13.6. The van der Waals surface area contributed by atoms with Gasteiger partial charge < -0.3 is 10.1 Å². The summed E-state index contributed by atoms with van der Waals surface area (Å²) in [6.45, 7) is 2.65. The Morgan fingerprint density at radius 1 is 1.44 bits per heavy atom. The van der Waals surface area contributed by atoms with Crippen molar-refractivity contribution in [2.75, 3.05) is 7.11 Å². The van der Waals surface area contributed by atoms with E-state index in [0.717, 1.165) is 11.3 Å². The Kier molecular flexibility index (Phi) is 3.94. The van der Waals surface area contributed by atoms with Crippen LogP contribution < -0.4 is 10.1 Å². The summed E-state index contributed by atoms with van der Waals surface area (Å²) in [5.41, 5.74) is 1.88. The number of hydrogen-bond acceptors (Lipinski definition) is 3. The highest BCUT2D eigenvalue weighted by Gasteiger charge is 2.09. The fourth-order valence-corrected chi connectivity index (χ4v) is 1.72. The second-order valence-electron chi connectivity index (χ2n) is 4.08. The number of H-pyrrole nitrogens is 1. The molecule has 0 spiro atoms. The first-order valence-electron chi connectivity index (χ1n) is 5.76. The number of methoxy groups -OCH3 is 1. The Balaban J connectivity index is 2.00. The molecular formula is C13H16FN3O. The number of nitrogens with one attached hydrogen (secondary N) is 2. The van der Waals surface area contributed by atoms with Gasteiger partial charge in [-0.2, -0.15) is 5.10 Å². The molecular weight excluding hydrogens is 233 g/mol. The number of hydrogen-bond donors (Lipinski definition) is 2. The van der Waals surface area contributed by atoms with Gasteiger partial charge in [-0.25, -0.2) is 4.39 Å². The molecule has 0 saturated carbocycles. The third kappa shape index (κ3) is 2.87. The number of ether oxygens (including phenoxy) is 1. The van der Waals surface area contributed by atoms with E-state index in [1.54, 1.807) is 12.3 Å². The standard InChI is InChI=1S/C13H16FN3O/c1-9(15-8-11-5-6-16-17-11)10-3-4-13(18-2)12(14)7-10/h3-7,9,15H,8H2,1-2H3,(H,16,17). The van der Waals surface area contributed by atoms with E-state index in [0.29, 0.717) is 6.54 Å². The average Bonchev–Trinajstić information content (AvgIpc) is 2.89. The van der Waals surface area contributed by atoms with Gasteiger partial charge in [0.1, 0.15) is 0 Å². The highest BCUT2D eigenvalue weighted by Crippen LogP contribution is 2.21. The van der Waals surface area contributed by atoms with Gasteiger partial charge in [0.05, 0.1) is 7.11 Å². The molecule has 18 heavy (non-hydrogen) atoms. The van der Waals surface area contributed by atoms with Crippen molar-refractivity contribution in [1.82, 2.24) is 15.5 Å². The van der Waals surface area contributed by atoms with Crippen LogP contribution in [-0.4, -0.2) is 17.3 Å². The van der Waals surface area contributed by atoms with Crippen LogP contribution in [0.1, 0.15) is 24.2 Å². The normalized spacial score (nSPS) is 12.4. The van der Waals surface area contributed by atoms with Gasteiger partial charge in [-0.05, 0) is 30.7 Å². The molecule has 1 aromatic carbocycles. The van der Waals surface area contributed by atoms with Crippen LogP contribution in [0.5, 0.6) is 5.75 Å². The Morgan fingerprint density at radius 2 is 2.28 bits per heavy atom. The number of nitrogens with zero attached hydrogens (tertiary/aromatic N) is 1. The number of benzene rings is 1. The summed E-state index contributed by atoms with van der Waals surface area (Å²) in [7, 11) is 1.46. The van der Waals surface area contributed by atoms with Gasteiger partial charge in [-0.1, -0.05) is 6.07 Å². The molecule has 0 aliphatic rings. The van der Waals surface area contributed by atoms with E-state index < -0.39 is 0 Å². The van der Waals surface area contributed by atoms with Crippen LogP contribution in [0, 0.1) is 5.82 Å². The minimum Gasteiger partial charge on any atom is -0.494 e. The minimum atomic E-state index is -0.342. The lowest BCUT2D eigenvalue weighted by Gasteiger charge is -2.14. The van der Waals surface area contributed by atoms with Crippen molar-refractivity contribution >= 4 is 0 Å². The van der Waals surface area contributed by atoms with Crippen LogP contribution in [0.2, 0.25) is 0 Å².